The van der Waals surface area contributed by atoms with Crippen molar-refractivity contribution in [2.45, 2.75) is 13.5 Å². The SMILES string of the molecule is CCOc1ccc(N2C(=O)NC(=O)/C(=C\c3cc(Cl)c(OCc4ccc(F)cc4)c(Cl)c3)C2=O)cc1. The monoisotopic (exact) mass is 528 g/mol. The number of carbonyl (C=O) groups is 3. The van der Waals surface area contributed by atoms with Crippen molar-refractivity contribution in [1.82, 2.24) is 5.32 Å². The molecule has 0 saturated carbocycles. The van der Waals surface area contributed by atoms with Gasteiger partial charge in [-0.2, -0.15) is 0 Å². The first-order valence-electron chi connectivity index (χ1n) is 10.8. The maximum absolute atomic E-state index is 13.1. The predicted octanol–water partition coefficient (Wildman–Crippen LogP) is 5.78. The summed E-state index contributed by atoms with van der Waals surface area (Å²) in [5.41, 5.74) is 1.03. The molecule has 7 nitrogen and oxygen atoms in total. The van der Waals surface area contributed by atoms with E-state index in [1.54, 1.807) is 24.3 Å². The molecule has 1 heterocycles. The lowest BCUT2D eigenvalue weighted by Gasteiger charge is -2.26. The average molecular weight is 529 g/mol. The summed E-state index contributed by atoms with van der Waals surface area (Å²) in [4.78, 5) is 38.9. The molecule has 10 heteroatoms. The van der Waals surface area contributed by atoms with Crippen LogP contribution in [0, 0.1) is 5.82 Å². The van der Waals surface area contributed by atoms with E-state index in [1.807, 2.05) is 6.92 Å². The van der Waals surface area contributed by atoms with Crippen molar-refractivity contribution in [3.8, 4) is 11.5 Å². The third-order valence-electron chi connectivity index (χ3n) is 5.14. The van der Waals surface area contributed by atoms with Crippen LogP contribution in [0.4, 0.5) is 14.9 Å². The minimum absolute atomic E-state index is 0.0974. The summed E-state index contributed by atoms with van der Waals surface area (Å²) in [5.74, 6) is -1.26. The Labute approximate surface area is 216 Å². The number of nitrogens with zero attached hydrogens (tertiary/aromatic N) is 1. The average Bonchev–Trinajstić information content (AvgIpc) is 2.83. The van der Waals surface area contributed by atoms with Crippen LogP contribution >= 0.6 is 23.2 Å². The first-order valence-corrected chi connectivity index (χ1v) is 11.5. The highest BCUT2D eigenvalue weighted by Gasteiger charge is 2.36. The topological polar surface area (TPSA) is 84.9 Å². The summed E-state index contributed by atoms with van der Waals surface area (Å²) < 4.78 is 24.1. The number of ether oxygens (including phenoxy) is 2. The van der Waals surface area contributed by atoms with Crippen molar-refractivity contribution in [2.75, 3.05) is 11.5 Å². The number of halogens is 3. The number of rotatable bonds is 7. The number of benzene rings is 3. The third kappa shape index (κ3) is 5.50. The number of hydrogen-bond donors (Lipinski definition) is 1. The smallest absolute Gasteiger partial charge is 0.335 e. The van der Waals surface area contributed by atoms with Gasteiger partial charge in [-0.15, -0.1) is 0 Å². The molecular formula is C26H19Cl2FN2O5. The summed E-state index contributed by atoms with van der Waals surface area (Å²) in [5, 5.41) is 2.44. The zero-order valence-corrected chi connectivity index (χ0v) is 20.4. The second kappa shape index (κ2) is 10.8. The first kappa shape index (κ1) is 25.2. The molecule has 0 spiro atoms. The quantitative estimate of drug-likeness (QED) is 0.310. The second-order valence-electron chi connectivity index (χ2n) is 7.61. The molecule has 1 N–H and O–H groups in total. The van der Waals surface area contributed by atoms with Gasteiger partial charge in [-0.3, -0.25) is 14.9 Å². The van der Waals surface area contributed by atoms with E-state index in [1.165, 1.54) is 42.5 Å². The number of carbonyl (C=O) groups excluding carboxylic acids is 3. The molecule has 3 aromatic carbocycles. The van der Waals surface area contributed by atoms with E-state index >= 15 is 0 Å². The van der Waals surface area contributed by atoms with Crippen molar-refractivity contribution in [1.29, 1.82) is 0 Å². The lowest BCUT2D eigenvalue weighted by molar-refractivity contribution is -0.122. The highest BCUT2D eigenvalue weighted by atomic mass is 35.5. The van der Waals surface area contributed by atoms with Gasteiger partial charge in [0.15, 0.2) is 5.75 Å². The van der Waals surface area contributed by atoms with Crippen LogP contribution in [0.2, 0.25) is 10.0 Å². The van der Waals surface area contributed by atoms with Crippen LogP contribution in [0.25, 0.3) is 6.08 Å². The van der Waals surface area contributed by atoms with Crippen LogP contribution in [-0.2, 0) is 16.2 Å². The standard InChI is InChI=1S/C26H19Cl2FN2O5/c1-2-35-19-9-7-18(8-10-19)31-25(33)20(24(32)30-26(31)34)11-16-12-21(27)23(22(28)13-16)36-14-15-3-5-17(29)6-4-15/h3-13H,2,14H2,1H3,(H,30,32,34)/b20-11+. The van der Waals surface area contributed by atoms with E-state index in [0.717, 1.165) is 4.90 Å². The molecule has 184 valence electrons. The van der Waals surface area contributed by atoms with Crippen LogP contribution in [-0.4, -0.2) is 24.5 Å². The molecule has 4 rings (SSSR count). The Bertz CT molecular complexity index is 1330. The number of hydrogen-bond acceptors (Lipinski definition) is 5. The third-order valence-corrected chi connectivity index (χ3v) is 5.70. The lowest BCUT2D eigenvalue weighted by atomic mass is 10.1. The van der Waals surface area contributed by atoms with Gasteiger partial charge in [-0.25, -0.2) is 14.1 Å². The Morgan fingerprint density at radius 1 is 0.944 bits per heavy atom. The molecular weight excluding hydrogens is 510 g/mol. The van der Waals surface area contributed by atoms with Gasteiger partial charge >= 0.3 is 6.03 Å². The van der Waals surface area contributed by atoms with E-state index in [2.05, 4.69) is 5.32 Å². The fourth-order valence-electron chi connectivity index (χ4n) is 3.45. The Morgan fingerprint density at radius 2 is 1.58 bits per heavy atom. The van der Waals surface area contributed by atoms with Gasteiger partial charge in [0.2, 0.25) is 0 Å². The summed E-state index contributed by atoms with van der Waals surface area (Å²) >= 11 is 12.7. The van der Waals surface area contributed by atoms with E-state index in [-0.39, 0.29) is 39.5 Å². The summed E-state index contributed by atoms with van der Waals surface area (Å²) in [6, 6.07) is 14.1. The number of barbiturate groups is 1. The molecule has 1 fully saturated rings. The van der Waals surface area contributed by atoms with Gasteiger partial charge in [0.1, 0.15) is 23.7 Å². The van der Waals surface area contributed by atoms with Gasteiger partial charge in [-0.1, -0.05) is 35.3 Å². The zero-order valence-electron chi connectivity index (χ0n) is 18.9. The Kier molecular flexibility index (Phi) is 7.57. The van der Waals surface area contributed by atoms with Gasteiger partial charge < -0.3 is 9.47 Å². The summed E-state index contributed by atoms with van der Waals surface area (Å²) in [7, 11) is 0. The molecule has 0 atom stereocenters. The van der Waals surface area contributed by atoms with E-state index in [0.29, 0.717) is 23.5 Å². The summed E-state index contributed by atoms with van der Waals surface area (Å²) in [6.45, 7) is 2.40. The van der Waals surface area contributed by atoms with E-state index in [9.17, 15) is 18.8 Å². The van der Waals surface area contributed by atoms with Crippen molar-refractivity contribution in [3.05, 3.63) is 93.2 Å². The van der Waals surface area contributed by atoms with E-state index < -0.39 is 17.8 Å². The molecule has 0 bridgehead atoms. The second-order valence-corrected chi connectivity index (χ2v) is 8.43. The lowest BCUT2D eigenvalue weighted by Crippen LogP contribution is -2.54. The predicted molar refractivity (Wildman–Crippen MR) is 134 cm³/mol. The van der Waals surface area contributed by atoms with Gasteiger partial charge in [0, 0.05) is 0 Å². The van der Waals surface area contributed by atoms with Crippen molar-refractivity contribution < 1.29 is 28.2 Å². The van der Waals surface area contributed by atoms with Crippen molar-refractivity contribution in [3.63, 3.8) is 0 Å². The number of nitrogens with one attached hydrogen (secondary N) is 1. The maximum atomic E-state index is 13.1. The zero-order chi connectivity index (χ0) is 25.8. The molecule has 0 aromatic heterocycles. The Balaban J connectivity index is 1.58. The van der Waals surface area contributed by atoms with Gasteiger partial charge in [0.25, 0.3) is 11.8 Å². The fraction of sp³-hybridized carbons (Fsp3) is 0.115. The molecule has 4 amide bonds. The Hall–Kier alpha value is -3.88. The molecule has 3 aromatic rings. The number of imide groups is 2. The molecule has 0 aliphatic carbocycles. The van der Waals surface area contributed by atoms with Crippen LogP contribution < -0.4 is 19.7 Å². The maximum Gasteiger partial charge on any atom is 0.335 e. The molecule has 1 aliphatic rings. The Morgan fingerprint density at radius 3 is 2.19 bits per heavy atom. The van der Waals surface area contributed by atoms with Crippen molar-refractivity contribution >= 4 is 52.8 Å². The van der Waals surface area contributed by atoms with Gasteiger partial charge in [0.05, 0.1) is 22.3 Å². The van der Waals surface area contributed by atoms with Crippen LogP contribution in [0.3, 0.4) is 0 Å². The van der Waals surface area contributed by atoms with Crippen LogP contribution in [0.15, 0.2) is 66.2 Å². The number of amides is 4. The van der Waals surface area contributed by atoms with E-state index in [4.69, 9.17) is 32.7 Å². The van der Waals surface area contributed by atoms with Crippen molar-refractivity contribution in [2.24, 2.45) is 0 Å². The highest BCUT2D eigenvalue weighted by molar-refractivity contribution is 6.40. The molecule has 1 saturated heterocycles. The highest BCUT2D eigenvalue weighted by Crippen LogP contribution is 2.36. The molecule has 0 radical (unpaired) electrons. The van der Waals surface area contributed by atoms with Crippen LogP contribution in [0.1, 0.15) is 18.1 Å². The molecule has 36 heavy (non-hydrogen) atoms. The van der Waals surface area contributed by atoms with Gasteiger partial charge in [-0.05, 0) is 72.7 Å². The fourth-order valence-corrected chi connectivity index (χ4v) is 4.07. The normalized spacial score (nSPS) is 14.7. The first-order chi connectivity index (χ1) is 17.3. The number of anilines is 1. The number of urea groups is 1. The van der Waals surface area contributed by atoms with Crippen LogP contribution in [0.5, 0.6) is 11.5 Å². The minimum Gasteiger partial charge on any atom is -0.494 e. The minimum atomic E-state index is -0.869. The summed E-state index contributed by atoms with van der Waals surface area (Å²) in [6.07, 6.45) is 1.28. The molecule has 1 aliphatic heterocycles. The molecule has 0 unspecified atom stereocenters. The largest absolute Gasteiger partial charge is 0.494 e.